The van der Waals surface area contributed by atoms with Gasteiger partial charge in [-0.2, -0.15) is 0 Å². The number of hydrogen-bond acceptors (Lipinski definition) is 4. The van der Waals surface area contributed by atoms with Crippen molar-refractivity contribution >= 4 is 23.2 Å². The first-order chi connectivity index (χ1) is 14.0. The van der Waals surface area contributed by atoms with E-state index in [2.05, 4.69) is 16.2 Å². The molecule has 4 rings (SSSR count). The lowest BCUT2D eigenvalue weighted by Gasteiger charge is -2.18. The number of benzene rings is 2. The Labute approximate surface area is 173 Å². The summed E-state index contributed by atoms with van der Waals surface area (Å²) in [6.45, 7) is 2.27. The summed E-state index contributed by atoms with van der Waals surface area (Å²) >= 11 is 5.97. The molecule has 0 spiro atoms. The third-order valence-corrected chi connectivity index (χ3v) is 5.60. The number of carbonyl (C=O) groups excluding carboxylic acids is 1. The molecule has 0 radical (unpaired) electrons. The van der Waals surface area contributed by atoms with Gasteiger partial charge in [-0.25, -0.2) is 10.1 Å². The molecule has 3 aromatic rings. The Morgan fingerprint density at radius 2 is 1.83 bits per heavy atom. The molecule has 150 valence electrons. The van der Waals surface area contributed by atoms with Crippen molar-refractivity contribution in [3.8, 4) is 5.69 Å². The van der Waals surface area contributed by atoms with Crippen molar-refractivity contribution in [3.63, 3.8) is 0 Å². The van der Waals surface area contributed by atoms with Crippen LogP contribution in [0.4, 0.5) is 5.69 Å². The molecule has 2 unspecified atom stereocenters. The second kappa shape index (κ2) is 7.87. The lowest BCUT2D eigenvalue weighted by Crippen LogP contribution is -2.31. The van der Waals surface area contributed by atoms with Crippen LogP contribution in [0.3, 0.4) is 0 Å². The summed E-state index contributed by atoms with van der Waals surface area (Å²) in [5.74, 6) is -0.589. The number of hydrogen-bond donors (Lipinski definition) is 3. The summed E-state index contributed by atoms with van der Waals surface area (Å²) in [5, 5.41) is 3.50. The van der Waals surface area contributed by atoms with Crippen molar-refractivity contribution in [2.45, 2.75) is 13.0 Å². The summed E-state index contributed by atoms with van der Waals surface area (Å²) in [7, 11) is 1.80. The fourth-order valence-electron chi connectivity index (χ4n) is 3.66. The number of halogens is 1. The summed E-state index contributed by atoms with van der Waals surface area (Å²) in [6, 6.07) is 16.5. The van der Waals surface area contributed by atoms with E-state index in [1.54, 1.807) is 28.5 Å². The number of amides is 1. The maximum atomic E-state index is 13.1. The quantitative estimate of drug-likeness (QED) is 0.616. The highest BCUT2D eigenvalue weighted by atomic mass is 35.5. The Morgan fingerprint density at radius 3 is 2.52 bits per heavy atom. The van der Waals surface area contributed by atoms with E-state index in [-0.39, 0.29) is 23.4 Å². The molecule has 0 bridgehead atoms. The van der Waals surface area contributed by atoms with Gasteiger partial charge in [-0.05, 0) is 36.8 Å². The number of para-hydroxylation sites is 1. The molecule has 1 amide bonds. The average molecular weight is 412 g/mol. The van der Waals surface area contributed by atoms with Gasteiger partial charge in [-0.1, -0.05) is 41.9 Å². The van der Waals surface area contributed by atoms with Crippen LogP contribution >= 0.6 is 11.6 Å². The Bertz CT molecular complexity index is 1090. The summed E-state index contributed by atoms with van der Waals surface area (Å²) in [6.07, 6.45) is 0. The molecular weight excluding hydrogens is 390 g/mol. The zero-order valence-electron chi connectivity index (χ0n) is 16.1. The molecule has 1 aliphatic heterocycles. The molecule has 0 saturated carbocycles. The molecule has 1 aromatic heterocycles. The molecule has 8 heteroatoms. The van der Waals surface area contributed by atoms with Crippen molar-refractivity contribution in [1.82, 2.24) is 20.2 Å². The minimum Gasteiger partial charge on any atom is -0.320 e. The van der Waals surface area contributed by atoms with Crippen molar-refractivity contribution in [2.24, 2.45) is 13.0 Å². The first-order valence-corrected chi connectivity index (χ1v) is 9.74. The normalized spacial score (nSPS) is 18.7. The SMILES string of the molecule is Cc1c(NC(=O)C2CNNC2c2ccc(Cl)cc2)c(=O)n(-c2ccccc2)n1C. The molecule has 2 heterocycles. The minimum absolute atomic E-state index is 0.214. The lowest BCUT2D eigenvalue weighted by molar-refractivity contribution is -0.119. The molecule has 7 nitrogen and oxygen atoms in total. The van der Waals surface area contributed by atoms with Gasteiger partial charge in [-0.15, -0.1) is 0 Å². The van der Waals surface area contributed by atoms with Crippen LogP contribution in [0.15, 0.2) is 59.4 Å². The third kappa shape index (κ3) is 3.60. The molecular formula is C21H22ClN5O2. The van der Waals surface area contributed by atoms with Crippen LogP contribution in [0.2, 0.25) is 5.02 Å². The average Bonchev–Trinajstić information content (AvgIpc) is 3.29. The summed E-state index contributed by atoms with van der Waals surface area (Å²) < 4.78 is 3.29. The van der Waals surface area contributed by atoms with Crippen LogP contribution in [0, 0.1) is 12.8 Å². The van der Waals surface area contributed by atoms with Gasteiger partial charge in [0.05, 0.1) is 23.3 Å². The zero-order valence-corrected chi connectivity index (χ0v) is 16.9. The maximum absolute atomic E-state index is 13.1. The first-order valence-electron chi connectivity index (χ1n) is 9.36. The molecule has 3 N–H and O–H groups in total. The van der Waals surface area contributed by atoms with Crippen LogP contribution in [0.5, 0.6) is 0 Å². The van der Waals surface area contributed by atoms with E-state index in [4.69, 9.17) is 11.6 Å². The monoisotopic (exact) mass is 411 g/mol. The smallest absolute Gasteiger partial charge is 0.295 e. The first kappa shape index (κ1) is 19.4. The molecule has 1 saturated heterocycles. The second-order valence-electron chi connectivity index (χ2n) is 7.09. The molecule has 1 fully saturated rings. The van der Waals surface area contributed by atoms with E-state index in [0.29, 0.717) is 22.9 Å². The fraction of sp³-hybridized carbons (Fsp3) is 0.238. The third-order valence-electron chi connectivity index (χ3n) is 5.35. The number of aromatic nitrogens is 2. The van der Waals surface area contributed by atoms with Gasteiger partial charge >= 0.3 is 0 Å². The van der Waals surface area contributed by atoms with Gasteiger partial charge in [0.1, 0.15) is 5.69 Å². The van der Waals surface area contributed by atoms with Crippen LogP contribution < -0.4 is 21.7 Å². The number of nitrogens with one attached hydrogen (secondary N) is 3. The van der Waals surface area contributed by atoms with Crippen LogP contribution in [0.1, 0.15) is 17.3 Å². The number of nitrogens with zero attached hydrogens (tertiary/aromatic N) is 2. The van der Waals surface area contributed by atoms with Crippen LogP contribution in [-0.2, 0) is 11.8 Å². The summed E-state index contributed by atoms with van der Waals surface area (Å²) in [4.78, 5) is 26.1. The number of rotatable bonds is 4. The van der Waals surface area contributed by atoms with Gasteiger partial charge in [0, 0.05) is 18.6 Å². The molecule has 0 aliphatic carbocycles. The number of anilines is 1. The molecule has 2 atom stereocenters. The van der Waals surface area contributed by atoms with E-state index in [9.17, 15) is 9.59 Å². The Hall–Kier alpha value is -2.87. The van der Waals surface area contributed by atoms with Crippen molar-refractivity contribution in [1.29, 1.82) is 0 Å². The second-order valence-corrected chi connectivity index (χ2v) is 7.52. The van der Waals surface area contributed by atoms with Gasteiger partial charge in [0.2, 0.25) is 5.91 Å². The van der Waals surface area contributed by atoms with Crippen molar-refractivity contribution < 1.29 is 4.79 Å². The predicted octanol–water partition coefficient (Wildman–Crippen LogP) is 2.54. The Morgan fingerprint density at radius 1 is 1.14 bits per heavy atom. The van der Waals surface area contributed by atoms with Gasteiger partial charge in [0.25, 0.3) is 5.56 Å². The topological polar surface area (TPSA) is 80.1 Å². The fourth-order valence-corrected chi connectivity index (χ4v) is 3.78. The highest BCUT2D eigenvalue weighted by Crippen LogP contribution is 2.27. The van der Waals surface area contributed by atoms with Gasteiger partial charge < -0.3 is 5.32 Å². The van der Waals surface area contributed by atoms with Crippen LogP contribution in [-0.4, -0.2) is 21.8 Å². The van der Waals surface area contributed by atoms with E-state index in [1.165, 1.54) is 0 Å². The number of carbonyl (C=O) groups is 1. The van der Waals surface area contributed by atoms with E-state index >= 15 is 0 Å². The van der Waals surface area contributed by atoms with Crippen LogP contribution in [0.25, 0.3) is 5.69 Å². The number of hydrazine groups is 1. The van der Waals surface area contributed by atoms with Gasteiger partial charge in [-0.3, -0.25) is 19.7 Å². The Balaban J connectivity index is 1.62. The van der Waals surface area contributed by atoms with E-state index < -0.39 is 0 Å². The maximum Gasteiger partial charge on any atom is 0.295 e. The standard InChI is InChI=1S/C21H22ClN5O2/c1-13-18(21(29)27(26(13)2)16-6-4-3-5-7-16)24-20(28)17-12-23-25-19(17)14-8-10-15(22)11-9-14/h3-11,17,19,23,25H,12H2,1-2H3,(H,24,28). The minimum atomic E-state index is -0.375. The molecule has 1 aliphatic rings. The lowest BCUT2D eigenvalue weighted by atomic mass is 9.94. The molecule has 29 heavy (non-hydrogen) atoms. The molecule has 2 aromatic carbocycles. The van der Waals surface area contributed by atoms with Gasteiger partial charge in [0.15, 0.2) is 0 Å². The van der Waals surface area contributed by atoms with E-state index in [0.717, 1.165) is 11.3 Å². The highest BCUT2D eigenvalue weighted by molar-refractivity contribution is 6.30. The largest absolute Gasteiger partial charge is 0.320 e. The Kier molecular flexibility index (Phi) is 5.27. The zero-order chi connectivity index (χ0) is 20.5. The highest BCUT2D eigenvalue weighted by Gasteiger charge is 2.35. The van der Waals surface area contributed by atoms with E-state index in [1.807, 2.05) is 49.4 Å². The van der Waals surface area contributed by atoms with Crippen molar-refractivity contribution in [3.05, 3.63) is 81.2 Å². The predicted molar refractivity (Wildman–Crippen MR) is 113 cm³/mol. The summed E-state index contributed by atoms with van der Waals surface area (Å²) in [5.41, 5.74) is 8.60. The van der Waals surface area contributed by atoms with Crippen molar-refractivity contribution in [2.75, 3.05) is 11.9 Å².